The number of methoxy groups -OCH3 is 1. The first-order valence-electron chi connectivity index (χ1n) is 5.87. The average molecular weight is 258 g/mol. The fraction of sp³-hybridized carbons (Fsp3) is 0.667. The third-order valence-corrected chi connectivity index (χ3v) is 2.98. The lowest BCUT2D eigenvalue weighted by Gasteiger charge is -2.21. The number of nitrogens with one attached hydrogen (secondary N) is 1. The van der Waals surface area contributed by atoms with Crippen molar-refractivity contribution in [1.29, 1.82) is 0 Å². The van der Waals surface area contributed by atoms with Crippen LogP contribution in [0.4, 0.5) is 0 Å². The number of nitrogens with zero attached hydrogens (tertiary/aromatic N) is 2. The second-order valence-corrected chi connectivity index (χ2v) is 4.67. The molecule has 1 heterocycles. The molecule has 0 radical (unpaired) electrons. The SMILES string of the molecule is CCNC(Cc1nc(OC)ncc1Cl)C(C)C. The summed E-state index contributed by atoms with van der Waals surface area (Å²) < 4.78 is 5.01. The van der Waals surface area contributed by atoms with Gasteiger partial charge in [-0.3, -0.25) is 0 Å². The third-order valence-electron chi connectivity index (χ3n) is 2.66. The summed E-state index contributed by atoms with van der Waals surface area (Å²) in [5.41, 5.74) is 0.832. The number of aromatic nitrogens is 2. The third kappa shape index (κ3) is 4.13. The van der Waals surface area contributed by atoms with Gasteiger partial charge in [-0.05, 0) is 12.5 Å². The lowest BCUT2D eigenvalue weighted by atomic mass is 9.99. The molecule has 1 aromatic rings. The zero-order valence-electron chi connectivity index (χ0n) is 10.8. The van der Waals surface area contributed by atoms with Gasteiger partial charge in [-0.2, -0.15) is 4.98 Å². The van der Waals surface area contributed by atoms with Gasteiger partial charge in [-0.1, -0.05) is 32.4 Å². The molecule has 1 unspecified atom stereocenters. The van der Waals surface area contributed by atoms with E-state index in [1.54, 1.807) is 13.3 Å². The highest BCUT2D eigenvalue weighted by Crippen LogP contribution is 2.18. The van der Waals surface area contributed by atoms with E-state index in [-0.39, 0.29) is 0 Å². The number of hydrogen-bond acceptors (Lipinski definition) is 4. The van der Waals surface area contributed by atoms with Crippen molar-refractivity contribution in [2.45, 2.75) is 33.2 Å². The normalized spacial score (nSPS) is 12.8. The van der Waals surface area contributed by atoms with Crippen LogP contribution in [-0.2, 0) is 6.42 Å². The summed E-state index contributed by atoms with van der Waals surface area (Å²) in [4.78, 5) is 8.26. The van der Waals surface area contributed by atoms with Crippen molar-refractivity contribution in [3.63, 3.8) is 0 Å². The van der Waals surface area contributed by atoms with E-state index in [4.69, 9.17) is 16.3 Å². The predicted molar refractivity (Wildman–Crippen MR) is 69.6 cm³/mol. The monoisotopic (exact) mass is 257 g/mol. The zero-order valence-corrected chi connectivity index (χ0v) is 11.6. The quantitative estimate of drug-likeness (QED) is 0.850. The standard InChI is InChI=1S/C12H20ClN3O/c1-5-14-10(8(2)3)6-11-9(13)7-15-12(16-11)17-4/h7-8,10,14H,5-6H2,1-4H3. The highest BCUT2D eigenvalue weighted by atomic mass is 35.5. The van der Waals surface area contributed by atoms with Crippen LogP contribution in [0.5, 0.6) is 6.01 Å². The van der Waals surface area contributed by atoms with E-state index < -0.39 is 0 Å². The fourth-order valence-corrected chi connectivity index (χ4v) is 1.81. The van der Waals surface area contributed by atoms with Crippen LogP contribution in [0.25, 0.3) is 0 Å². The molecule has 1 atom stereocenters. The van der Waals surface area contributed by atoms with Crippen LogP contribution in [0.3, 0.4) is 0 Å². The first kappa shape index (κ1) is 14.2. The summed E-state index contributed by atoms with van der Waals surface area (Å²) in [6, 6.07) is 0.723. The molecular weight excluding hydrogens is 238 g/mol. The van der Waals surface area contributed by atoms with Crippen LogP contribution in [0.2, 0.25) is 5.02 Å². The fourth-order valence-electron chi connectivity index (χ4n) is 1.64. The van der Waals surface area contributed by atoms with Gasteiger partial charge in [0.1, 0.15) is 0 Å². The van der Waals surface area contributed by atoms with E-state index in [0.29, 0.717) is 23.0 Å². The average Bonchev–Trinajstić information content (AvgIpc) is 2.31. The second kappa shape index (κ2) is 6.77. The van der Waals surface area contributed by atoms with Crippen molar-refractivity contribution < 1.29 is 4.74 Å². The molecule has 0 amide bonds. The van der Waals surface area contributed by atoms with Gasteiger partial charge in [-0.15, -0.1) is 0 Å². The molecule has 1 N–H and O–H groups in total. The van der Waals surface area contributed by atoms with Gasteiger partial charge in [0.2, 0.25) is 0 Å². The summed E-state index contributed by atoms with van der Waals surface area (Å²) in [5, 5.41) is 4.03. The molecule has 1 rings (SSSR count). The number of halogens is 1. The number of likely N-dealkylation sites (N-methyl/N-ethyl adjacent to an activating group) is 1. The maximum Gasteiger partial charge on any atom is 0.316 e. The molecule has 4 nitrogen and oxygen atoms in total. The molecule has 0 aliphatic carbocycles. The molecule has 96 valence electrons. The van der Waals surface area contributed by atoms with Crippen molar-refractivity contribution >= 4 is 11.6 Å². The molecule has 17 heavy (non-hydrogen) atoms. The lowest BCUT2D eigenvalue weighted by molar-refractivity contribution is 0.371. The summed E-state index contributed by atoms with van der Waals surface area (Å²) in [6.45, 7) is 7.39. The van der Waals surface area contributed by atoms with Crippen LogP contribution in [0, 0.1) is 5.92 Å². The molecule has 0 spiro atoms. The Balaban J connectivity index is 2.84. The summed E-state index contributed by atoms with van der Waals surface area (Å²) in [5.74, 6) is 0.520. The van der Waals surface area contributed by atoms with E-state index >= 15 is 0 Å². The Labute approximate surface area is 108 Å². The van der Waals surface area contributed by atoms with Crippen LogP contribution in [0.15, 0.2) is 6.20 Å². The van der Waals surface area contributed by atoms with Gasteiger partial charge in [0.15, 0.2) is 0 Å². The summed E-state index contributed by atoms with van der Waals surface area (Å²) in [7, 11) is 1.55. The molecule has 0 aromatic carbocycles. The summed E-state index contributed by atoms with van der Waals surface area (Å²) in [6.07, 6.45) is 2.37. The van der Waals surface area contributed by atoms with E-state index in [2.05, 4.69) is 36.1 Å². The summed E-state index contributed by atoms with van der Waals surface area (Å²) >= 11 is 6.09. The zero-order chi connectivity index (χ0) is 12.8. The lowest BCUT2D eigenvalue weighted by Crippen LogP contribution is -2.36. The van der Waals surface area contributed by atoms with Gasteiger partial charge in [-0.25, -0.2) is 4.98 Å². The van der Waals surface area contributed by atoms with E-state index in [9.17, 15) is 0 Å². The molecule has 1 aromatic heterocycles. The number of ether oxygens (including phenoxy) is 1. The Hall–Kier alpha value is -0.870. The van der Waals surface area contributed by atoms with Crippen molar-refractivity contribution in [3.8, 4) is 6.01 Å². The maximum atomic E-state index is 6.09. The molecule has 5 heteroatoms. The Kier molecular flexibility index (Phi) is 5.65. The van der Waals surface area contributed by atoms with Gasteiger partial charge in [0.05, 0.1) is 24.0 Å². The maximum absolute atomic E-state index is 6.09. The second-order valence-electron chi connectivity index (χ2n) is 4.26. The van der Waals surface area contributed by atoms with Crippen molar-refractivity contribution in [1.82, 2.24) is 15.3 Å². The molecule has 0 saturated carbocycles. The molecular formula is C12H20ClN3O. The minimum Gasteiger partial charge on any atom is -0.467 e. The van der Waals surface area contributed by atoms with Gasteiger partial charge >= 0.3 is 6.01 Å². The minimum absolute atomic E-state index is 0.358. The number of hydrogen-bond donors (Lipinski definition) is 1. The van der Waals surface area contributed by atoms with Crippen molar-refractivity contribution in [2.24, 2.45) is 5.92 Å². The van der Waals surface area contributed by atoms with Crippen LogP contribution in [0.1, 0.15) is 26.5 Å². The van der Waals surface area contributed by atoms with E-state index in [0.717, 1.165) is 18.7 Å². The minimum atomic E-state index is 0.358. The number of rotatable bonds is 6. The Morgan fingerprint density at radius 1 is 1.47 bits per heavy atom. The molecule has 0 aliphatic rings. The Morgan fingerprint density at radius 3 is 2.71 bits per heavy atom. The first-order valence-corrected chi connectivity index (χ1v) is 6.25. The Morgan fingerprint density at radius 2 is 2.18 bits per heavy atom. The first-order chi connectivity index (χ1) is 8.08. The topological polar surface area (TPSA) is 47.0 Å². The van der Waals surface area contributed by atoms with Crippen molar-refractivity contribution in [3.05, 3.63) is 16.9 Å². The van der Waals surface area contributed by atoms with Crippen molar-refractivity contribution in [2.75, 3.05) is 13.7 Å². The van der Waals surface area contributed by atoms with Gasteiger partial charge in [0, 0.05) is 12.5 Å². The smallest absolute Gasteiger partial charge is 0.316 e. The molecule has 0 aliphatic heterocycles. The van der Waals surface area contributed by atoms with E-state index in [1.165, 1.54) is 0 Å². The van der Waals surface area contributed by atoms with Crippen LogP contribution in [-0.4, -0.2) is 29.7 Å². The highest BCUT2D eigenvalue weighted by Gasteiger charge is 2.16. The molecule has 0 fully saturated rings. The largest absolute Gasteiger partial charge is 0.467 e. The van der Waals surface area contributed by atoms with E-state index in [1.807, 2.05) is 0 Å². The predicted octanol–water partition coefficient (Wildman–Crippen LogP) is 2.32. The Bertz CT molecular complexity index is 358. The molecule has 0 bridgehead atoms. The van der Waals surface area contributed by atoms with Crippen LogP contribution < -0.4 is 10.1 Å². The highest BCUT2D eigenvalue weighted by molar-refractivity contribution is 6.31. The van der Waals surface area contributed by atoms with Gasteiger partial charge < -0.3 is 10.1 Å². The van der Waals surface area contributed by atoms with Crippen LogP contribution >= 0.6 is 11.6 Å². The molecule has 0 saturated heterocycles. The van der Waals surface area contributed by atoms with Gasteiger partial charge in [0.25, 0.3) is 0 Å².